The fraction of sp³-hybridized carbons (Fsp3) is 0.227. The molecule has 3 aromatic rings. The third-order valence-electron chi connectivity index (χ3n) is 5.67. The van der Waals surface area contributed by atoms with Crippen LogP contribution in [0.3, 0.4) is 0 Å². The number of hydrogen-bond donors (Lipinski definition) is 2. The standard InChI is InChI=1S/C22H18F2N4O3/c23-21(24)31-18-8-4-2-6-14(18)20-19-15(27-22-25-11-26-28(20)22)9-12(10-17(19)30)13-5-1-3-7-16(13)29/h1-8,11-12,20-21,29H,9-10H2,(H,25,26,27)/t12-,20+/m0/s1. The Labute approximate surface area is 176 Å². The van der Waals surface area contributed by atoms with E-state index in [9.17, 15) is 18.7 Å². The zero-order valence-corrected chi connectivity index (χ0v) is 16.2. The molecule has 0 bridgehead atoms. The van der Waals surface area contributed by atoms with Gasteiger partial charge < -0.3 is 15.2 Å². The normalized spacial score (nSPS) is 20.3. The summed E-state index contributed by atoms with van der Waals surface area (Å²) >= 11 is 0. The van der Waals surface area contributed by atoms with Crippen molar-refractivity contribution in [1.82, 2.24) is 14.8 Å². The predicted molar refractivity (Wildman–Crippen MR) is 107 cm³/mol. The zero-order chi connectivity index (χ0) is 21.5. The zero-order valence-electron chi connectivity index (χ0n) is 16.2. The minimum Gasteiger partial charge on any atom is -0.508 e. The molecular weight excluding hydrogens is 406 g/mol. The summed E-state index contributed by atoms with van der Waals surface area (Å²) in [6.45, 7) is -3.00. The molecule has 2 aliphatic rings. The van der Waals surface area contributed by atoms with Crippen molar-refractivity contribution in [2.24, 2.45) is 0 Å². The lowest BCUT2D eigenvalue weighted by molar-refractivity contribution is -0.116. The van der Waals surface area contributed by atoms with Gasteiger partial charge in [0, 0.05) is 29.2 Å². The summed E-state index contributed by atoms with van der Waals surface area (Å²) in [7, 11) is 0. The number of Topliss-reactive ketones (excluding diaryl/α,β-unsaturated/α-hetero) is 1. The van der Waals surface area contributed by atoms with E-state index in [1.54, 1.807) is 36.4 Å². The smallest absolute Gasteiger partial charge is 0.387 e. The number of rotatable bonds is 4. The van der Waals surface area contributed by atoms with Gasteiger partial charge in [-0.3, -0.25) is 4.79 Å². The van der Waals surface area contributed by atoms with Crippen molar-refractivity contribution in [2.75, 3.05) is 5.32 Å². The van der Waals surface area contributed by atoms with Crippen molar-refractivity contribution in [3.8, 4) is 11.5 Å². The maximum atomic E-state index is 13.3. The van der Waals surface area contributed by atoms with E-state index >= 15 is 0 Å². The number of para-hydroxylation sites is 2. The van der Waals surface area contributed by atoms with E-state index < -0.39 is 12.7 Å². The molecule has 0 radical (unpaired) electrons. The molecule has 0 spiro atoms. The maximum absolute atomic E-state index is 13.3. The average Bonchev–Trinajstić information content (AvgIpc) is 3.21. The molecule has 0 amide bonds. The second-order valence-electron chi connectivity index (χ2n) is 7.45. The van der Waals surface area contributed by atoms with E-state index in [2.05, 4.69) is 15.4 Å². The van der Waals surface area contributed by atoms with Crippen molar-refractivity contribution in [1.29, 1.82) is 0 Å². The summed E-state index contributed by atoms with van der Waals surface area (Å²) in [6, 6.07) is 12.6. The van der Waals surface area contributed by atoms with Crippen molar-refractivity contribution in [3.63, 3.8) is 0 Å². The first-order valence-corrected chi connectivity index (χ1v) is 9.77. The van der Waals surface area contributed by atoms with Crippen LogP contribution >= 0.6 is 0 Å². The minimum atomic E-state index is -3.00. The maximum Gasteiger partial charge on any atom is 0.387 e. The highest BCUT2D eigenvalue weighted by atomic mass is 19.3. The second kappa shape index (κ2) is 7.50. The number of phenolic OH excluding ortho intramolecular Hbond substituents is 1. The van der Waals surface area contributed by atoms with Crippen LogP contribution < -0.4 is 10.1 Å². The Kier molecular flexibility index (Phi) is 4.65. The Morgan fingerprint density at radius 2 is 1.84 bits per heavy atom. The van der Waals surface area contributed by atoms with E-state index in [1.165, 1.54) is 17.1 Å². The van der Waals surface area contributed by atoms with Gasteiger partial charge in [0.1, 0.15) is 23.9 Å². The summed E-state index contributed by atoms with van der Waals surface area (Å²) < 4.78 is 32.3. The summed E-state index contributed by atoms with van der Waals surface area (Å²) in [6.07, 6.45) is 1.98. The lowest BCUT2D eigenvalue weighted by atomic mass is 9.77. The molecular formula is C22H18F2N4O3. The van der Waals surface area contributed by atoms with Gasteiger partial charge in [0.25, 0.3) is 0 Å². The molecule has 31 heavy (non-hydrogen) atoms. The van der Waals surface area contributed by atoms with Gasteiger partial charge >= 0.3 is 6.61 Å². The number of carbonyl (C=O) groups excluding carboxylic acids is 1. The van der Waals surface area contributed by atoms with Gasteiger partial charge in [-0.25, -0.2) is 4.68 Å². The largest absolute Gasteiger partial charge is 0.508 e. The molecule has 1 aliphatic heterocycles. The summed E-state index contributed by atoms with van der Waals surface area (Å²) in [5, 5.41) is 17.6. The highest BCUT2D eigenvalue weighted by molar-refractivity contribution is 6.00. The van der Waals surface area contributed by atoms with Crippen molar-refractivity contribution in [2.45, 2.75) is 31.4 Å². The number of carbonyl (C=O) groups is 1. The van der Waals surface area contributed by atoms with Crippen molar-refractivity contribution >= 4 is 11.7 Å². The molecule has 2 atom stereocenters. The van der Waals surface area contributed by atoms with E-state index in [1.807, 2.05) is 6.07 Å². The topological polar surface area (TPSA) is 89.3 Å². The van der Waals surface area contributed by atoms with Gasteiger partial charge in [-0.15, -0.1) is 0 Å². The molecule has 1 aliphatic carbocycles. The molecule has 0 saturated carbocycles. The van der Waals surface area contributed by atoms with Crippen LogP contribution in [-0.2, 0) is 4.79 Å². The summed E-state index contributed by atoms with van der Waals surface area (Å²) in [4.78, 5) is 17.6. The molecule has 5 rings (SSSR count). The second-order valence-corrected chi connectivity index (χ2v) is 7.45. The van der Waals surface area contributed by atoms with Crippen LogP contribution in [-0.4, -0.2) is 32.3 Å². The molecule has 158 valence electrons. The number of nitrogens with zero attached hydrogens (tertiary/aromatic N) is 3. The first-order valence-electron chi connectivity index (χ1n) is 9.77. The molecule has 9 heteroatoms. The molecule has 0 fully saturated rings. The highest BCUT2D eigenvalue weighted by Gasteiger charge is 2.40. The van der Waals surface area contributed by atoms with Crippen LogP contribution in [0, 0.1) is 0 Å². The van der Waals surface area contributed by atoms with Crippen molar-refractivity contribution < 1.29 is 23.4 Å². The number of aromatic nitrogens is 3. The number of alkyl halides is 2. The fourth-order valence-corrected chi connectivity index (χ4v) is 4.40. The molecule has 0 saturated heterocycles. The van der Waals surface area contributed by atoms with E-state index in [-0.39, 0.29) is 29.6 Å². The number of benzene rings is 2. The van der Waals surface area contributed by atoms with Gasteiger partial charge in [-0.2, -0.15) is 18.9 Å². The quantitative estimate of drug-likeness (QED) is 0.658. The first kappa shape index (κ1) is 19.2. The number of phenols is 1. The molecule has 2 N–H and O–H groups in total. The van der Waals surface area contributed by atoms with Crippen LogP contribution in [0.15, 0.2) is 66.1 Å². The average molecular weight is 424 g/mol. The van der Waals surface area contributed by atoms with Gasteiger partial charge in [-0.1, -0.05) is 36.4 Å². The number of halogens is 2. The van der Waals surface area contributed by atoms with E-state index in [0.717, 1.165) is 0 Å². The Bertz CT molecular complexity index is 1190. The minimum absolute atomic E-state index is 0.0201. The third-order valence-corrected chi connectivity index (χ3v) is 5.67. The number of hydrogen-bond acceptors (Lipinski definition) is 6. The van der Waals surface area contributed by atoms with Crippen LogP contribution in [0.4, 0.5) is 14.7 Å². The van der Waals surface area contributed by atoms with Crippen molar-refractivity contribution in [3.05, 3.63) is 77.3 Å². The third kappa shape index (κ3) is 3.31. The van der Waals surface area contributed by atoms with Gasteiger partial charge in [-0.05, 0) is 24.1 Å². The molecule has 1 aromatic heterocycles. The molecule has 7 nitrogen and oxygen atoms in total. The first-order chi connectivity index (χ1) is 15.0. The van der Waals surface area contributed by atoms with Gasteiger partial charge in [0.15, 0.2) is 5.78 Å². The molecule has 2 heterocycles. The van der Waals surface area contributed by atoms with E-state index in [4.69, 9.17) is 4.74 Å². The lowest BCUT2D eigenvalue weighted by Crippen LogP contribution is -2.33. The number of anilines is 1. The van der Waals surface area contributed by atoms with Crippen LogP contribution in [0.1, 0.15) is 35.9 Å². The Hall–Kier alpha value is -3.75. The van der Waals surface area contributed by atoms with Crippen LogP contribution in [0.25, 0.3) is 0 Å². The monoisotopic (exact) mass is 424 g/mol. The summed E-state index contributed by atoms with van der Waals surface area (Å²) in [5.74, 6) is 0.146. The number of nitrogens with one attached hydrogen (secondary N) is 1. The number of aromatic hydroxyl groups is 1. The number of allylic oxidation sites excluding steroid dienone is 2. The Morgan fingerprint density at radius 3 is 2.61 bits per heavy atom. The van der Waals surface area contributed by atoms with Crippen LogP contribution in [0.5, 0.6) is 11.5 Å². The molecule has 2 aromatic carbocycles. The SMILES string of the molecule is O=C1C[C@@H](c2ccccc2O)CC2=C1[C@@H](c1ccccc1OC(F)F)n1ncnc1N2. The number of fused-ring (bicyclic) bond motifs is 1. The highest BCUT2D eigenvalue weighted by Crippen LogP contribution is 2.46. The predicted octanol–water partition coefficient (Wildman–Crippen LogP) is 4.00. The Morgan fingerprint density at radius 1 is 1.10 bits per heavy atom. The lowest BCUT2D eigenvalue weighted by Gasteiger charge is -2.35. The number of ether oxygens (including phenoxy) is 1. The van der Waals surface area contributed by atoms with Crippen LogP contribution in [0.2, 0.25) is 0 Å². The number of ketones is 1. The van der Waals surface area contributed by atoms with Gasteiger partial charge in [0.05, 0.1) is 0 Å². The van der Waals surface area contributed by atoms with Gasteiger partial charge in [0.2, 0.25) is 5.95 Å². The molecule has 0 unspecified atom stereocenters. The Balaban J connectivity index is 1.62. The summed E-state index contributed by atoms with van der Waals surface area (Å²) in [5.41, 5.74) is 2.17. The van der Waals surface area contributed by atoms with E-state index in [0.29, 0.717) is 34.8 Å². The fourth-order valence-electron chi connectivity index (χ4n) is 4.40.